The molecule has 1 N–H and O–H groups in total. The number of piperidine rings is 1. The number of sulfone groups is 1. The maximum Gasteiger partial charge on any atom is 0.282 e. The largest absolute Gasteiger partial charge is 0.327 e. The van der Waals surface area contributed by atoms with Crippen LogP contribution in [0.1, 0.15) is 18.4 Å². The number of carbonyl (C=O) groups excluding carboxylic acids is 1. The number of para-hydroxylation sites is 1. The Morgan fingerprint density at radius 3 is 2.20 bits per heavy atom. The minimum Gasteiger partial charge on any atom is -0.327 e. The van der Waals surface area contributed by atoms with Gasteiger partial charge in [0.15, 0.2) is 16.4 Å². The van der Waals surface area contributed by atoms with Gasteiger partial charge in [-0.05, 0) is 49.0 Å². The maximum atomic E-state index is 13.3. The van der Waals surface area contributed by atoms with Gasteiger partial charge in [-0.25, -0.2) is 8.42 Å². The number of nitrogens with zero attached hydrogens (tertiary/aromatic N) is 1. The molecule has 0 aromatic heterocycles. The van der Waals surface area contributed by atoms with Crippen molar-refractivity contribution in [1.29, 1.82) is 0 Å². The highest BCUT2D eigenvalue weighted by atomic mass is 32.2. The van der Waals surface area contributed by atoms with Crippen LogP contribution < -0.4 is 9.80 Å². The third kappa shape index (κ3) is 5.18. The first kappa shape index (κ1) is 20.8. The van der Waals surface area contributed by atoms with Gasteiger partial charge in [0.05, 0.1) is 24.9 Å². The molecule has 2 heterocycles. The molecule has 0 aliphatic carbocycles. The molecule has 1 saturated heterocycles. The predicted molar refractivity (Wildman–Crippen MR) is 119 cm³/mol. The molecule has 0 bridgehead atoms. The lowest BCUT2D eigenvalue weighted by Crippen LogP contribution is -3.14. The van der Waals surface area contributed by atoms with E-state index < -0.39 is 15.9 Å². The fourth-order valence-corrected chi connectivity index (χ4v) is 5.81. The van der Waals surface area contributed by atoms with Gasteiger partial charge in [0, 0.05) is 11.1 Å². The normalized spacial score (nSPS) is 25.1. The van der Waals surface area contributed by atoms with Crippen LogP contribution in [0.15, 0.2) is 72.1 Å². The summed E-state index contributed by atoms with van der Waals surface area (Å²) in [6, 6.07) is 19.6. The number of anilines is 1. The molecule has 1 atom stereocenters. The van der Waals surface area contributed by atoms with Crippen LogP contribution in [0.5, 0.6) is 0 Å². The molecule has 30 heavy (non-hydrogen) atoms. The minimum atomic E-state index is -3.23. The lowest BCUT2D eigenvalue weighted by Gasteiger charge is -2.32. The van der Waals surface area contributed by atoms with E-state index in [2.05, 4.69) is 24.3 Å². The van der Waals surface area contributed by atoms with Gasteiger partial charge in [-0.3, -0.25) is 9.69 Å². The fraction of sp³-hybridized carbons (Fsp3) is 0.375. The molecule has 2 aliphatic heterocycles. The molecule has 0 saturated carbocycles. The summed E-state index contributed by atoms with van der Waals surface area (Å²) >= 11 is 0. The average Bonchev–Trinajstić information content (AvgIpc) is 3.10. The van der Waals surface area contributed by atoms with Gasteiger partial charge in [0.2, 0.25) is 0 Å². The molecule has 0 radical (unpaired) electrons. The Labute approximate surface area is 178 Å². The van der Waals surface area contributed by atoms with E-state index in [1.807, 2.05) is 36.4 Å². The fourth-order valence-electron chi connectivity index (χ4n) is 4.54. The maximum absolute atomic E-state index is 13.3. The van der Waals surface area contributed by atoms with Crippen molar-refractivity contribution in [1.82, 2.24) is 0 Å². The van der Waals surface area contributed by atoms with Gasteiger partial charge in [0.25, 0.3) is 5.91 Å². The summed E-state index contributed by atoms with van der Waals surface area (Å²) in [7, 11) is -3.23. The molecule has 6 heteroatoms. The van der Waals surface area contributed by atoms with Crippen molar-refractivity contribution < 1.29 is 18.1 Å². The summed E-state index contributed by atoms with van der Waals surface area (Å²) < 4.78 is 23.9. The number of likely N-dealkylation sites (tertiary alicyclic amines) is 1. The molecule has 5 nitrogen and oxygen atoms in total. The van der Waals surface area contributed by atoms with Crippen LogP contribution in [-0.4, -0.2) is 45.8 Å². The smallest absolute Gasteiger partial charge is 0.282 e. The number of nitrogens with one attached hydrogen (secondary N) is 1. The molecular weight excluding hydrogens is 396 g/mol. The van der Waals surface area contributed by atoms with Crippen LogP contribution in [0, 0.1) is 5.92 Å². The van der Waals surface area contributed by atoms with E-state index in [4.69, 9.17) is 0 Å². The zero-order valence-electron chi connectivity index (χ0n) is 17.1. The second-order valence-electron chi connectivity index (χ2n) is 8.38. The number of rotatable bonds is 6. The highest BCUT2D eigenvalue weighted by Gasteiger charge is 2.34. The van der Waals surface area contributed by atoms with Gasteiger partial charge in [-0.1, -0.05) is 48.5 Å². The van der Waals surface area contributed by atoms with Crippen molar-refractivity contribution in [3.63, 3.8) is 0 Å². The molecule has 1 fully saturated rings. The number of hydrogen-bond donors (Lipinski definition) is 1. The lowest BCUT2D eigenvalue weighted by atomic mass is 9.90. The Morgan fingerprint density at radius 1 is 0.967 bits per heavy atom. The SMILES string of the molecule is O=C(C[NH+]1CCC(Cc2ccccc2)CC1)N(c1ccccc1)[C@H]1C=CS(=O)(=O)C1. The molecule has 2 aromatic carbocycles. The third-order valence-corrected chi connectivity index (χ3v) is 7.50. The second-order valence-corrected chi connectivity index (χ2v) is 10.3. The van der Waals surface area contributed by atoms with Crippen LogP contribution in [0.4, 0.5) is 5.69 Å². The quantitative estimate of drug-likeness (QED) is 0.769. The van der Waals surface area contributed by atoms with Crippen LogP contribution in [0.25, 0.3) is 0 Å². The lowest BCUT2D eigenvalue weighted by molar-refractivity contribution is -0.898. The Bertz CT molecular complexity index is 982. The van der Waals surface area contributed by atoms with Crippen molar-refractivity contribution in [3.8, 4) is 0 Å². The molecule has 1 amide bonds. The summed E-state index contributed by atoms with van der Waals surface area (Å²) in [5, 5.41) is 1.24. The highest BCUT2D eigenvalue weighted by Crippen LogP contribution is 2.22. The van der Waals surface area contributed by atoms with Crippen molar-refractivity contribution >= 4 is 21.4 Å². The van der Waals surface area contributed by atoms with E-state index in [-0.39, 0.29) is 11.7 Å². The predicted octanol–water partition coefficient (Wildman–Crippen LogP) is 1.87. The van der Waals surface area contributed by atoms with E-state index in [0.29, 0.717) is 12.5 Å². The molecule has 158 valence electrons. The third-order valence-electron chi connectivity index (χ3n) is 6.13. The van der Waals surface area contributed by atoms with Gasteiger partial charge in [0.1, 0.15) is 0 Å². The first-order valence-corrected chi connectivity index (χ1v) is 12.4. The number of hydrogen-bond acceptors (Lipinski definition) is 3. The van der Waals surface area contributed by atoms with Gasteiger partial charge >= 0.3 is 0 Å². The van der Waals surface area contributed by atoms with E-state index in [1.165, 1.54) is 15.9 Å². The van der Waals surface area contributed by atoms with E-state index in [0.717, 1.165) is 38.0 Å². The van der Waals surface area contributed by atoms with Gasteiger partial charge in [-0.2, -0.15) is 0 Å². The zero-order valence-corrected chi connectivity index (χ0v) is 17.9. The zero-order chi connectivity index (χ0) is 21.0. The van der Waals surface area contributed by atoms with Crippen LogP contribution >= 0.6 is 0 Å². The van der Waals surface area contributed by atoms with Crippen molar-refractivity contribution in [2.24, 2.45) is 5.92 Å². The van der Waals surface area contributed by atoms with Crippen molar-refractivity contribution in [2.75, 3.05) is 30.3 Å². The number of amides is 1. The number of quaternary nitrogens is 1. The van der Waals surface area contributed by atoms with Crippen molar-refractivity contribution in [3.05, 3.63) is 77.7 Å². The van der Waals surface area contributed by atoms with Crippen LogP contribution in [-0.2, 0) is 21.1 Å². The minimum absolute atomic E-state index is 0.00976. The number of carbonyl (C=O) groups is 1. The van der Waals surface area contributed by atoms with Crippen LogP contribution in [0.3, 0.4) is 0 Å². The Balaban J connectivity index is 1.38. The Kier molecular flexibility index (Phi) is 6.35. The summed E-state index contributed by atoms with van der Waals surface area (Å²) in [4.78, 5) is 16.2. The Morgan fingerprint density at radius 2 is 1.60 bits per heavy atom. The summed E-state index contributed by atoms with van der Waals surface area (Å²) in [5.74, 6) is 0.617. The number of benzene rings is 2. The summed E-state index contributed by atoms with van der Waals surface area (Å²) in [6.45, 7) is 2.35. The average molecular weight is 426 g/mol. The van der Waals surface area contributed by atoms with Gasteiger partial charge < -0.3 is 4.90 Å². The highest BCUT2D eigenvalue weighted by molar-refractivity contribution is 7.94. The first-order valence-electron chi connectivity index (χ1n) is 10.7. The Hall–Kier alpha value is -2.44. The van der Waals surface area contributed by atoms with E-state index in [9.17, 15) is 13.2 Å². The summed E-state index contributed by atoms with van der Waals surface area (Å²) in [5.41, 5.74) is 2.14. The standard InChI is InChI=1S/C24H28N2O3S/c27-24(18-25-14-11-21(12-15-25)17-20-7-3-1-4-8-20)26(22-9-5-2-6-10-22)23-13-16-30(28,29)19-23/h1-10,13,16,21,23H,11-12,14-15,17-19H2/p+1/t23-/m0/s1. The topological polar surface area (TPSA) is 58.9 Å². The summed E-state index contributed by atoms with van der Waals surface area (Å²) in [6.07, 6.45) is 4.96. The van der Waals surface area contributed by atoms with E-state index in [1.54, 1.807) is 11.0 Å². The molecule has 4 rings (SSSR count). The van der Waals surface area contributed by atoms with Gasteiger partial charge in [-0.15, -0.1) is 0 Å². The molecule has 0 spiro atoms. The second kappa shape index (κ2) is 9.14. The monoisotopic (exact) mass is 425 g/mol. The molecular formula is C24H29N2O3S+. The molecule has 2 aliphatic rings. The van der Waals surface area contributed by atoms with Crippen LogP contribution in [0.2, 0.25) is 0 Å². The van der Waals surface area contributed by atoms with Crippen molar-refractivity contribution in [2.45, 2.75) is 25.3 Å². The molecule has 2 aromatic rings. The first-order chi connectivity index (χ1) is 14.5. The van der Waals surface area contributed by atoms with E-state index >= 15 is 0 Å². The molecule has 0 unspecified atom stereocenters.